The second-order valence-corrected chi connectivity index (χ2v) is 9.06. The molecular weight excluding hydrogens is 481 g/mol. The number of amides is 1. The number of benzene rings is 2. The first kappa shape index (κ1) is 26.4. The first-order chi connectivity index (χ1) is 17.7. The normalized spacial score (nSPS) is 14.5. The summed E-state index contributed by atoms with van der Waals surface area (Å²) in [4.78, 5) is 24.2. The summed E-state index contributed by atoms with van der Waals surface area (Å²) >= 11 is 0. The van der Waals surface area contributed by atoms with E-state index < -0.39 is 17.6 Å². The van der Waals surface area contributed by atoms with Crippen LogP contribution in [-0.4, -0.2) is 53.5 Å². The number of nitrogens with two attached hydrogens (primary N) is 1. The molecule has 196 valence electrons. The Hall–Kier alpha value is -3.66. The molecule has 37 heavy (non-hydrogen) atoms. The van der Waals surface area contributed by atoms with E-state index in [9.17, 15) is 18.0 Å². The molecule has 3 N–H and O–H groups in total. The van der Waals surface area contributed by atoms with E-state index in [1.807, 2.05) is 24.3 Å². The van der Waals surface area contributed by atoms with Crippen LogP contribution in [0.1, 0.15) is 29.3 Å². The second-order valence-electron chi connectivity index (χ2n) is 9.06. The van der Waals surface area contributed by atoms with Crippen molar-refractivity contribution in [3.05, 3.63) is 77.1 Å². The molecule has 0 aliphatic carbocycles. The maximum atomic E-state index is 13.7. The van der Waals surface area contributed by atoms with E-state index in [1.54, 1.807) is 24.3 Å². The third-order valence-electron chi connectivity index (χ3n) is 6.60. The average Bonchev–Trinajstić information content (AvgIpc) is 2.88. The van der Waals surface area contributed by atoms with E-state index in [-0.39, 0.29) is 30.9 Å². The number of carbonyl (C=O) groups is 1. The molecule has 3 aromatic rings. The molecule has 7 nitrogen and oxygen atoms in total. The number of anilines is 3. The molecule has 1 aromatic heterocycles. The summed E-state index contributed by atoms with van der Waals surface area (Å²) in [5, 5.41) is 3.03. The summed E-state index contributed by atoms with van der Waals surface area (Å²) in [6.07, 6.45) is -3.41. The number of hydrogen-bond acceptors (Lipinski definition) is 6. The Morgan fingerprint density at radius 1 is 1.00 bits per heavy atom. The summed E-state index contributed by atoms with van der Waals surface area (Å²) in [5.74, 6) is -0.399. The predicted molar refractivity (Wildman–Crippen MR) is 138 cm³/mol. The number of nitrogens with one attached hydrogen (secondary N) is 1. The molecule has 1 saturated heterocycles. The Morgan fingerprint density at radius 3 is 2.30 bits per heavy atom. The van der Waals surface area contributed by atoms with Gasteiger partial charge in [0.1, 0.15) is 0 Å². The van der Waals surface area contributed by atoms with Gasteiger partial charge in [0.2, 0.25) is 11.9 Å². The van der Waals surface area contributed by atoms with Crippen LogP contribution in [0, 0.1) is 0 Å². The summed E-state index contributed by atoms with van der Waals surface area (Å²) in [6.45, 7) is 7.15. The number of hydrogen-bond donors (Lipinski definition) is 2. The minimum atomic E-state index is -4.58. The second kappa shape index (κ2) is 11.6. The lowest BCUT2D eigenvalue weighted by molar-refractivity contribution is -0.138. The Balaban J connectivity index is 1.48. The van der Waals surface area contributed by atoms with E-state index in [1.165, 1.54) is 0 Å². The molecule has 2 heterocycles. The minimum absolute atomic E-state index is 0.0309. The van der Waals surface area contributed by atoms with Gasteiger partial charge >= 0.3 is 6.18 Å². The van der Waals surface area contributed by atoms with Gasteiger partial charge in [-0.2, -0.15) is 13.2 Å². The van der Waals surface area contributed by atoms with Crippen molar-refractivity contribution >= 4 is 23.2 Å². The number of piperazine rings is 1. The van der Waals surface area contributed by atoms with Gasteiger partial charge < -0.3 is 20.9 Å². The van der Waals surface area contributed by atoms with Gasteiger partial charge in [0.15, 0.2) is 0 Å². The van der Waals surface area contributed by atoms with Crippen molar-refractivity contribution in [3.8, 4) is 0 Å². The Kier molecular flexibility index (Phi) is 8.27. The first-order valence-electron chi connectivity index (χ1n) is 12.4. The van der Waals surface area contributed by atoms with E-state index in [2.05, 4.69) is 32.0 Å². The number of likely N-dealkylation sites (N-methyl/N-ethyl adjacent to an activating group) is 1. The third kappa shape index (κ3) is 6.97. The fraction of sp³-hybridized carbons (Fsp3) is 0.370. The van der Waals surface area contributed by atoms with E-state index in [4.69, 9.17) is 5.73 Å². The number of aromatic nitrogens is 2. The highest BCUT2D eigenvalue weighted by atomic mass is 19.4. The zero-order valence-electron chi connectivity index (χ0n) is 20.8. The van der Waals surface area contributed by atoms with Gasteiger partial charge in [-0.05, 0) is 54.8 Å². The number of nitrogens with zero attached hydrogens (tertiary/aromatic N) is 4. The highest BCUT2D eigenvalue weighted by molar-refractivity contribution is 5.77. The molecule has 1 aliphatic heterocycles. The van der Waals surface area contributed by atoms with Gasteiger partial charge in [-0.1, -0.05) is 31.2 Å². The van der Waals surface area contributed by atoms with Crippen LogP contribution in [0.5, 0.6) is 0 Å². The smallest absolute Gasteiger partial charge is 0.369 e. The monoisotopic (exact) mass is 512 g/mol. The summed E-state index contributed by atoms with van der Waals surface area (Å²) in [5.41, 5.74) is 7.59. The fourth-order valence-corrected chi connectivity index (χ4v) is 4.53. The molecular formula is C27H31F3N6O. The number of rotatable bonds is 9. The van der Waals surface area contributed by atoms with Crippen LogP contribution >= 0.6 is 0 Å². The van der Waals surface area contributed by atoms with Crippen LogP contribution in [0.15, 0.2) is 54.7 Å². The lowest BCUT2D eigenvalue weighted by Gasteiger charge is -2.35. The molecule has 1 aliphatic rings. The van der Waals surface area contributed by atoms with Crippen molar-refractivity contribution in [3.63, 3.8) is 0 Å². The number of carbonyl (C=O) groups excluding carboxylic acids is 1. The van der Waals surface area contributed by atoms with Gasteiger partial charge in [0.05, 0.1) is 17.7 Å². The minimum Gasteiger partial charge on any atom is -0.369 e. The first-order valence-corrected chi connectivity index (χ1v) is 12.4. The van der Waals surface area contributed by atoms with E-state index in [0.29, 0.717) is 11.3 Å². The number of halogens is 3. The van der Waals surface area contributed by atoms with Crippen molar-refractivity contribution < 1.29 is 18.0 Å². The van der Waals surface area contributed by atoms with Crippen LogP contribution in [0.2, 0.25) is 0 Å². The Bertz CT molecular complexity index is 1210. The van der Waals surface area contributed by atoms with Crippen LogP contribution in [0.25, 0.3) is 0 Å². The Morgan fingerprint density at radius 2 is 1.68 bits per heavy atom. The molecule has 0 atom stereocenters. The molecule has 2 aromatic carbocycles. The quantitative estimate of drug-likeness (QED) is 0.447. The fourth-order valence-electron chi connectivity index (χ4n) is 4.53. The molecule has 0 radical (unpaired) electrons. The van der Waals surface area contributed by atoms with E-state index in [0.717, 1.165) is 50.2 Å². The maximum absolute atomic E-state index is 13.7. The number of alkyl halides is 3. The van der Waals surface area contributed by atoms with E-state index >= 15 is 0 Å². The molecule has 0 saturated carbocycles. The zero-order valence-corrected chi connectivity index (χ0v) is 20.8. The van der Waals surface area contributed by atoms with Crippen molar-refractivity contribution in [2.45, 2.75) is 32.4 Å². The van der Waals surface area contributed by atoms with Crippen LogP contribution in [0.4, 0.5) is 30.5 Å². The molecule has 1 fully saturated rings. The summed E-state index contributed by atoms with van der Waals surface area (Å²) < 4.78 is 41.0. The van der Waals surface area contributed by atoms with Crippen molar-refractivity contribution in [1.82, 2.24) is 14.9 Å². The molecule has 10 heteroatoms. The van der Waals surface area contributed by atoms with Crippen molar-refractivity contribution in [1.29, 1.82) is 0 Å². The van der Waals surface area contributed by atoms with Crippen LogP contribution in [0.3, 0.4) is 0 Å². The molecule has 0 bridgehead atoms. The molecule has 4 rings (SSSR count). The SMILES string of the molecule is CCN1CCN(c2ccc(Nc3ncc(C(F)(F)F)c(CCc4ccccc4CC(N)=O)n3)cc2)CC1. The van der Waals surface area contributed by atoms with Crippen molar-refractivity contribution in [2.75, 3.05) is 42.9 Å². The molecule has 0 unspecified atom stereocenters. The highest BCUT2D eigenvalue weighted by Gasteiger charge is 2.35. The maximum Gasteiger partial charge on any atom is 0.419 e. The van der Waals surface area contributed by atoms with Gasteiger partial charge in [0.25, 0.3) is 0 Å². The Labute approximate surface area is 214 Å². The largest absolute Gasteiger partial charge is 0.419 e. The standard InChI is InChI=1S/C27H31F3N6O/c1-2-35-13-15-36(16-14-35)22-10-8-21(9-11-22)33-26-32-18-23(27(28,29)30)24(34-26)12-7-19-5-3-4-6-20(19)17-25(31)37/h3-6,8-11,18H,2,7,12-17H2,1H3,(H2,31,37)(H,32,33,34). The van der Waals surface area contributed by atoms with Crippen LogP contribution < -0.4 is 16.0 Å². The molecule has 1 amide bonds. The number of aryl methyl sites for hydroxylation is 2. The third-order valence-corrected chi connectivity index (χ3v) is 6.60. The summed E-state index contributed by atoms with van der Waals surface area (Å²) in [7, 11) is 0. The van der Waals surface area contributed by atoms with Crippen molar-refractivity contribution in [2.24, 2.45) is 5.73 Å². The number of primary amides is 1. The predicted octanol–water partition coefficient (Wildman–Crippen LogP) is 4.19. The lowest BCUT2D eigenvalue weighted by atomic mass is 9.98. The summed E-state index contributed by atoms with van der Waals surface area (Å²) in [6, 6.07) is 14.8. The zero-order chi connectivity index (χ0) is 26.4. The van der Waals surface area contributed by atoms with Crippen LogP contribution in [-0.2, 0) is 30.2 Å². The average molecular weight is 513 g/mol. The lowest BCUT2D eigenvalue weighted by Crippen LogP contribution is -2.46. The molecule has 0 spiro atoms. The van der Waals surface area contributed by atoms with Gasteiger partial charge in [-0.3, -0.25) is 4.79 Å². The topological polar surface area (TPSA) is 87.4 Å². The van der Waals surface area contributed by atoms with Gasteiger partial charge in [-0.25, -0.2) is 9.97 Å². The van der Waals surface area contributed by atoms with Gasteiger partial charge in [0, 0.05) is 43.8 Å². The van der Waals surface area contributed by atoms with Gasteiger partial charge in [-0.15, -0.1) is 0 Å². The highest BCUT2D eigenvalue weighted by Crippen LogP contribution is 2.32.